The van der Waals surface area contributed by atoms with Gasteiger partial charge in [-0.2, -0.15) is 5.26 Å². The van der Waals surface area contributed by atoms with E-state index in [0.717, 1.165) is 0 Å². The molecule has 0 aliphatic heterocycles. The fraction of sp³-hybridized carbons (Fsp3) is 0.889. The predicted octanol–water partition coefficient (Wildman–Crippen LogP) is 1.34. The number of nitrogens with zero attached hydrogens (tertiary/aromatic N) is 2. The molecule has 0 saturated carbocycles. The van der Waals surface area contributed by atoms with Crippen LogP contribution in [0.5, 0.6) is 0 Å². The molecule has 1 unspecified atom stereocenters. The highest BCUT2D eigenvalue weighted by Gasteiger charge is 2.20. The Labute approximate surface area is 74.6 Å². The molecule has 0 aliphatic carbocycles. The smallest absolute Gasteiger partial charge is 0.120 e. The van der Waals surface area contributed by atoms with E-state index in [1.165, 1.54) is 0 Å². The molecule has 70 valence electrons. The molecule has 1 N–H and O–H groups in total. The molecule has 0 aliphatic rings. The van der Waals surface area contributed by atoms with Crippen molar-refractivity contribution in [3.05, 3.63) is 0 Å². The first-order chi connectivity index (χ1) is 5.50. The van der Waals surface area contributed by atoms with Crippen LogP contribution in [0.25, 0.3) is 0 Å². The molecular formula is C9H18N2O. The minimum atomic E-state index is -0.630. The molecule has 1 atom stereocenters. The lowest BCUT2D eigenvalue weighted by atomic mass is 10.2. The summed E-state index contributed by atoms with van der Waals surface area (Å²) in [7, 11) is 0. The molecule has 0 fully saturated rings. The van der Waals surface area contributed by atoms with Crippen molar-refractivity contribution in [1.29, 1.82) is 5.26 Å². The van der Waals surface area contributed by atoms with Crippen LogP contribution < -0.4 is 0 Å². The van der Waals surface area contributed by atoms with Gasteiger partial charge in [0.05, 0.1) is 12.5 Å². The molecule has 0 spiro atoms. The Morgan fingerprint density at radius 3 is 1.92 bits per heavy atom. The third-order valence-corrected chi connectivity index (χ3v) is 1.81. The summed E-state index contributed by atoms with van der Waals surface area (Å²) < 4.78 is 0. The molecule has 3 nitrogen and oxygen atoms in total. The van der Waals surface area contributed by atoms with E-state index in [1.807, 2.05) is 38.7 Å². The Hall–Kier alpha value is -0.590. The molecule has 12 heavy (non-hydrogen) atoms. The summed E-state index contributed by atoms with van der Waals surface area (Å²) in [6.07, 6.45) is -0.453. The van der Waals surface area contributed by atoms with Gasteiger partial charge in [-0.15, -0.1) is 0 Å². The molecule has 0 radical (unpaired) electrons. The molecule has 0 heterocycles. The first-order valence-corrected chi connectivity index (χ1v) is 4.33. The zero-order valence-electron chi connectivity index (χ0n) is 8.28. The van der Waals surface area contributed by atoms with E-state index in [1.54, 1.807) is 0 Å². The van der Waals surface area contributed by atoms with Crippen molar-refractivity contribution in [2.75, 3.05) is 0 Å². The maximum atomic E-state index is 9.55. The van der Waals surface area contributed by atoms with Crippen LogP contribution in [0.15, 0.2) is 0 Å². The highest BCUT2D eigenvalue weighted by Crippen LogP contribution is 2.10. The van der Waals surface area contributed by atoms with E-state index in [-0.39, 0.29) is 18.5 Å². The van der Waals surface area contributed by atoms with Crippen molar-refractivity contribution in [2.45, 2.75) is 52.4 Å². The van der Waals surface area contributed by atoms with Gasteiger partial charge in [-0.3, -0.25) is 4.90 Å². The van der Waals surface area contributed by atoms with Gasteiger partial charge < -0.3 is 5.11 Å². The largest absolute Gasteiger partial charge is 0.377 e. The maximum Gasteiger partial charge on any atom is 0.120 e. The van der Waals surface area contributed by atoms with Crippen LogP contribution in [-0.4, -0.2) is 28.3 Å². The average Bonchev–Trinajstić information content (AvgIpc) is 1.85. The second kappa shape index (κ2) is 5.13. The standard InChI is InChI=1S/C9H18N2O/c1-7(2)11(8(3)4)9(12)5-6-10/h7-9,12H,5H2,1-4H3. The average molecular weight is 170 g/mol. The van der Waals surface area contributed by atoms with Crippen LogP contribution in [-0.2, 0) is 0 Å². The van der Waals surface area contributed by atoms with Crippen LogP contribution in [0.3, 0.4) is 0 Å². The number of hydrogen-bond acceptors (Lipinski definition) is 3. The van der Waals surface area contributed by atoms with Gasteiger partial charge in [-0.05, 0) is 27.7 Å². The lowest BCUT2D eigenvalue weighted by Crippen LogP contribution is -2.44. The van der Waals surface area contributed by atoms with Crippen LogP contribution in [0, 0.1) is 11.3 Å². The van der Waals surface area contributed by atoms with Crippen molar-refractivity contribution in [2.24, 2.45) is 0 Å². The molecule has 0 saturated heterocycles. The van der Waals surface area contributed by atoms with Crippen molar-refractivity contribution < 1.29 is 5.11 Å². The third kappa shape index (κ3) is 3.21. The second-order valence-corrected chi connectivity index (χ2v) is 3.48. The third-order valence-electron chi connectivity index (χ3n) is 1.81. The summed E-state index contributed by atoms with van der Waals surface area (Å²) >= 11 is 0. The normalized spacial score (nSPS) is 13.9. The van der Waals surface area contributed by atoms with E-state index in [2.05, 4.69) is 0 Å². The minimum Gasteiger partial charge on any atom is -0.377 e. The van der Waals surface area contributed by atoms with Gasteiger partial charge >= 0.3 is 0 Å². The van der Waals surface area contributed by atoms with Crippen molar-refractivity contribution >= 4 is 0 Å². The van der Waals surface area contributed by atoms with Crippen LogP contribution in [0.4, 0.5) is 0 Å². The van der Waals surface area contributed by atoms with Crippen molar-refractivity contribution in [3.8, 4) is 6.07 Å². The molecule has 3 heteroatoms. The van der Waals surface area contributed by atoms with Gasteiger partial charge in [0.15, 0.2) is 0 Å². The number of aliphatic hydroxyl groups excluding tert-OH is 1. The van der Waals surface area contributed by atoms with Gasteiger partial charge in [0.25, 0.3) is 0 Å². The van der Waals surface area contributed by atoms with Crippen LogP contribution in [0.1, 0.15) is 34.1 Å². The number of hydrogen-bond donors (Lipinski definition) is 1. The van der Waals surface area contributed by atoms with Crippen molar-refractivity contribution in [1.82, 2.24) is 4.90 Å². The number of rotatable bonds is 4. The second-order valence-electron chi connectivity index (χ2n) is 3.48. The van der Waals surface area contributed by atoms with Crippen LogP contribution >= 0.6 is 0 Å². The Kier molecular flexibility index (Phi) is 4.87. The Morgan fingerprint density at radius 1 is 1.25 bits per heavy atom. The molecular weight excluding hydrogens is 152 g/mol. The maximum absolute atomic E-state index is 9.55. The predicted molar refractivity (Wildman–Crippen MR) is 48.3 cm³/mol. The lowest BCUT2D eigenvalue weighted by molar-refractivity contribution is -0.0332. The highest BCUT2D eigenvalue weighted by molar-refractivity contribution is 4.79. The summed E-state index contributed by atoms with van der Waals surface area (Å²) in [5.41, 5.74) is 0. The first-order valence-electron chi connectivity index (χ1n) is 4.33. The SMILES string of the molecule is CC(C)N(C(C)C)C(O)CC#N. The number of nitriles is 1. The molecule has 0 bridgehead atoms. The Balaban J connectivity index is 4.21. The number of aliphatic hydroxyl groups is 1. The first kappa shape index (κ1) is 11.4. The van der Waals surface area contributed by atoms with E-state index in [9.17, 15) is 5.11 Å². The summed E-state index contributed by atoms with van der Waals surface area (Å²) in [5, 5.41) is 18.0. The summed E-state index contributed by atoms with van der Waals surface area (Å²) in [5.74, 6) is 0. The van der Waals surface area contributed by atoms with E-state index in [4.69, 9.17) is 5.26 Å². The molecule has 0 amide bonds. The Morgan fingerprint density at radius 2 is 1.67 bits per heavy atom. The van der Waals surface area contributed by atoms with Crippen LogP contribution in [0.2, 0.25) is 0 Å². The molecule has 0 aromatic carbocycles. The van der Waals surface area contributed by atoms with Gasteiger partial charge in [0.2, 0.25) is 0 Å². The van der Waals surface area contributed by atoms with Gasteiger partial charge in [0, 0.05) is 12.1 Å². The lowest BCUT2D eigenvalue weighted by Gasteiger charge is -2.33. The molecule has 0 aromatic heterocycles. The Bertz CT molecular complexity index is 152. The highest BCUT2D eigenvalue weighted by atomic mass is 16.3. The fourth-order valence-electron chi connectivity index (χ4n) is 1.47. The summed E-state index contributed by atoms with van der Waals surface area (Å²) in [6.45, 7) is 8.06. The molecule has 0 aromatic rings. The topological polar surface area (TPSA) is 47.3 Å². The summed E-state index contributed by atoms with van der Waals surface area (Å²) in [4.78, 5) is 1.92. The quantitative estimate of drug-likeness (QED) is 0.648. The fourth-order valence-corrected chi connectivity index (χ4v) is 1.47. The molecule has 0 rings (SSSR count). The van der Waals surface area contributed by atoms with E-state index in [0.29, 0.717) is 0 Å². The minimum absolute atomic E-state index is 0.177. The zero-order valence-corrected chi connectivity index (χ0v) is 8.28. The van der Waals surface area contributed by atoms with Gasteiger partial charge in [-0.25, -0.2) is 0 Å². The van der Waals surface area contributed by atoms with Gasteiger partial charge in [0.1, 0.15) is 6.23 Å². The van der Waals surface area contributed by atoms with E-state index < -0.39 is 6.23 Å². The van der Waals surface area contributed by atoms with Crippen molar-refractivity contribution in [3.63, 3.8) is 0 Å². The van der Waals surface area contributed by atoms with E-state index >= 15 is 0 Å². The summed E-state index contributed by atoms with van der Waals surface area (Å²) in [6, 6.07) is 2.51. The zero-order chi connectivity index (χ0) is 9.72. The van der Waals surface area contributed by atoms with Gasteiger partial charge in [-0.1, -0.05) is 0 Å². The monoisotopic (exact) mass is 170 g/mol.